The third-order valence-corrected chi connectivity index (χ3v) is 4.97. The minimum atomic E-state index is -0.0974. The molecule has 168 valence electrons. The van der Waals surface area contributed by atoms with E-state index in [4.69, 9.17) is 4.74 Å². The predicted molar refractivity (Wildman–Crippen MR) is 128 cm³/mol. The van der Waals surface area contributed by atoms with E-state index in [0.29, 0.717) is 31.3 Å². The third-order valence-electron chi connectivity index (χ3n) is 4.97. The fourth-order valence-electron chi connectivity index (χ4n) is 3.28. The maximum atomic E-state index is 12.8. The summed E-state index contributed by atoms with van der Waals surface area (Å²) in [6.45, 7) is 5.03. The van der Waals surface area contributed by atoms with Crippen LogP contribution in [-0.2, 0) is 13.2 Å². The monoisotopic (exact) mass is 441 g/mol. The van der Waals surface area contributed by atoms with Crippen LogP contribution in [0.3, 0.4) is 0 Å². The largest absolute Gasteiger partial charge is 0.489 e. The summed E-state index contributed by atoms with van der Waals surface area (Å²) in [5.74, 6) is 1.81. The van der Waals surface area contributed by atoms with Gasteiger partial charge in [-0.25, -0.2) is 0 Å². The lowest BCUT2D eigenvalue weighted by molar-refractivity contribution is 0.0873. The highest BCUT2D eigenvalue weighted by Crippen LogP contribution is 2.19. The molecule has 0 aliphatic rings. The molecule has 0 unspecified atom stereocenters. The number of aromatic nitrogens is 4. The van der Waals surface area contributed by atoms with Crippen molar-refractivity contribution in [1.82, 2.24) is 19.7 Å². The Morgan fingerprint density at radius 3 is 2.48 bits per heavy atom. The molecule has 0 saturated heterocycles. The standard InChI is InChI=1S/C26H27N5O2/c1-19(2)15-24(32)31-26(29-25(30-31)22-9-6-14-27-17-22)28-16-20-10-12-23(13-11-20)33-18-21-7-4-3-5-8-21/h3-14,17,19H,15-16,18H2,1-2H3,(H,28,29,30). The van der Waals surface area contributed by atoms with Gasteiger partial charge in [0.1, 0.15) is 12.4 Å². The van der Waals surface area contributed by atoms with E-state index < -0.39 is 0 Å². The highest BCUT2D eigenvalue weighted by atomic mass is 16.5. The average molecular weight is 442 g/mol. The van der Waals surface area contributed by atoms with Crippen LogP contribution in [0, 0.1) is 5.92 Å². The highest BCUT2D eigenvalue weighted by molar-refractivity contribution is 5.81. The van der Waals surface area contributed by atoms with Gasteiger partial charge in [0.05, 0.1) is 0 Å². The minimum Gasteiger partial charge on any atom is -0.489 e. The first-order chi connectivity index (χ1) is 16.1. The molecular weight excluding hydrogens is 414 g/mol. The quantitative estimate of drug-likeness (QED) is 0.384. The Morgan fingerprint density at radius 1 is 1.00 bits per heavy atom. The topological polar surface area (TPSA) is 81.9 Å². The van der Waals surface area contributed by atoms with Crippen molar-refractivity contribution >= 4 is 11.9 Å². The van der Waals surface area contributed by atoms with Gasteiger partial charge in [-0.2, -0.15) is 9.67 Å². The first-order valence-electron chi connectivity index (χ1n) is 11.0. The number of carbonyl (C=O) groups excluding carboxylic acids is 1. The van der Waals surface area contributed by atoms with Gasteiger partial charge < -0.3 is 10.1 Å². The van der Waals surface area contributed by atoms with Gasteiger partial charge in [-0.1, -0.05) is 56.3 Å². The number of hydrogen-bond donors (Lipinski definition) is 1. The van der Waals surface area contributed by atoms with Gasteiger partial charge in [0.15, 0.2) is 5.82 Å². The van der Waals surface area contributed by atoms with Crippen molar-refractivity contribution in [2.45, 2.75) is 33.4 Å². The molecule has 0 saturated carbocycles. The van der Waals surface area contributed by atoms with Crippen LogP contribution in [0.25, 0.3) is 11.4 Å². The Labute approximate surface area is 193 Å². The minimum absolute atomic E-state index is 0.0974. The SMILES string of the molecule is CC(C)CC(=O)n1nc(-c2cccnc2)nc1NCc1ccc(OCc2ccccc2)cc1. The van der Waals surface area contributed by atoms with E-state index in [0.717, 1.165) is 22.4 Å². The number of benzene rings is 2. The first-order valence-corrected chi connectivity index (χ1v) is 11.0. The number of nitrogens with one attached hydrogen (secondary N) is 1. The zero-order valence-corrected chi connectivity index (χ0v) is 18.8. The molecule has 0 fully saturated rings. The van der Waals surface area contributed by atoms with Gasteiger partial charge in [-0.3, -0.25) is 9.78 Å². The lowest BCUT2D eigenvalue weighted by atomic mass is 10.1. The van der Waals surface area contributed by atoms with E-state index in [-0.39, 0.29) is 11.8 Å². The fourth-order valence-corrected chi connectivity index (χ4v) is 3.28. The number of carbonyl (C=O) groups is 1. The molecule has 2 heterocycles. The maximum absolute atomic E-state index is 12.8. The Kier molecular flexibility index (Phi) is 7.09. The number of pyridine rings is 1. The molecule has 0 amide bonds. The Bertz CT molecular complexity index is 1170. The molecular formula is C26H27N5O2. The van der Waals surface area contributed by atoms with E-state index in [1.165, 1.54) is 4.68 Å². The smallest absolute Gasteiger partial charge is 0.250 e. The van der Waals surface area contributed by atoms with Gasteiger partial charge in [0.25, 0.3) is 0 Å². The molecule has 4 rings (SSSR count). The van der Waals surface area contributed by atoms with Crippen molar-refractivity contribution in [3.8, 4) is 17.1 Å². The highest BCUT2D eigenvalue weighted by Gasteiger charge is 2.18. The summed E-state index contributed by atoms with van der Waals surface area (Å²) in [7, 11) is 0. The summed E-state index contributed by atoms with van der Waals surface area (Å²) in [4.78, 5) is 21.4. The second kappa shape index (κ2) is 10.5. The van der Waals surface area contributed by atoms with Crippen molar-refractivity contribution in [2.24, 2.45) is 5.92 Å². The summed E-state index contributed by atoms with van der Waals surface area (Å²) in [6, 6.07) is 21.6. The van der Waals surface area contributed by atoms with Gasteiger partial charge in [-0.15, -0.1) is 5.10 Å². The van der Waals surface area contributed by atoms with Crippen molar-refractivity contribution < 1.29 is 9.53 Å². The number of hydrogen-bond acceptors (Lipinski definition) is 6. The van der Waals surface area contributed by atoms with E-state index in [1.807, 2.05) is 80.6 Å². The molecule has 0 radical (unpaired) electrons. The zero-order valence-electron chi connectivity index (χ0n) is 18.8. The van der Waals surface area contributed by atoms with Crippen LogP contribution in [0.2, 0.25) is 0 Å². The Balaban J connectivity index is 1.44. The summed E-state index contributed by atoms with van der Waals surface area (Å²) >= 11 is 0. The zero-order chi connectivity index (χ0) is 23.0. The van der Waals surface area contributed by atoms with E-state index in [9.17, 15) is 4.79 Å². The van der Waals surface area contributed by atoms with Crippen LogP contribution in [0.5, 0.6) is 5.75 Å². The van der Waals surface area contributed by atoms with Gasteiger partial charge in [0, 0.05) is 30.9 Å². The lowest BCUT2D eigenvalue weighted by Crippen LogP contribution is -2.18. The Hall–Kier alpha value is -4.00. The second-order valence-corrected chi connectivity index (χ2v) is 8.18. The normalized spacial score (nSPS) is 10.9. The first kappa shape index (κ1) is 22.2. The molecule has 7 heteroatoms. The van der Waals surface area contributed by atoms with Crippen LogP contribution in [0.15, 0.2) is 79.1 Å². The third kappa shape index (κ3) is 6.04. The average Bonchev–Trinajstić information content (AvgIpc) is 3.27. The molecule has 2 aromatic heterocycles. The summed E-state index contributed by atoms with van der Waals surface area (Å²) in [6.07, 6.45) is 3.76. The Morgan fingerprint density at radius 2 is 1.79 bits per heavy atom. The van der Waals surface area contributed by atoms with Gasteiger partial charge in [0.2, 0.25) is 11.9 Å². The number of anilines is 1. The van der Waals surface area contributed by atoms with Crippen molar-refractivity contribution in [3.63, 3.8) is 0 Å². The van der Waals surface area contributed by atoms with E-state index >= 15 is 0 Å². The number of nitrogens with zero attached hydrogens (tertiary/aromatic N) is 4. The molecule has 2 aromatic carbocycles. The summed E-state index contributed by atoms with van der Waals surface area (Å²) < 4.78 is 7.21. The summed E-state index contributed by atoms with van der Waals surface area (Å²) in [5.41, 5.74) is 2.92. The van der Waals surface area contributed by atoms with Crippen LogP contribution >= 0.6 is 0 Å². The lowest BCUT2D eigenvalue weighted by Gasteiger charge is -2.10. The van der Waals surface area contributed by atoms with Crippen LogP contribution in [0.1, 0.15) is 36.2 Å². The number of ether oxygens (including phenoxy) is 1. The van der Waals surface area contributed by atoms with E-state index in [1.54, 1.807) is 12.4 Å². The molecule has 0 aliphatic carbocycles. The molecule has 7 nitrogen and oxygen atoms in total. The maximum Gasteiger partial charge on any atom is 0.250 e. The number of rotatable bonds is 9. The summed E-state index contributed by atoms with van der Waals surface area (Å²) in [5, 5.41) is 7.70. The molecule has 1 N–H and O–H groups in total. The van der Waals surface area contributed by atoms with Gasteiger partial charge in [-0.05, 0) is 41.3 Å². The molecule has 0 aliphatic heterocycles. The van der Waals surface area contributed by atoms with E-state index in [2.05, 4.69) is 20.4 Å². The molecule has 0 bridgehead atoms. The fraction of sp³-hybridized carbons (Fsp3) is 0.231. The van der Waals surface area contributed by atoms with Crippen LogP contribution in [0.4, 0.5) is 5.95 Å². The second-order valence-electron chi connectivity index (χ2n) is 8.18. The van der Waals surface area contributed by atoms with Gasteiger partial charge >= 0.3 is 0 Å². The van der Waals surface area contributed by atoms with Crippen molar-refractivity contribution in [1.29, 1.82) is 0 Å². The molecule has 4 aromatic rings. The molecule has 0 spiro atoms. The van der Waals surface area contributed by atoms with Crippen LogP contribution < -0.4 is 10.1 Å². The molecule has 33 heavy (non-hydrogen) atoms. The van der Waals surface area contributed by atoms with Crippen molar-refractivity contribution in [3.05, 3.63) is 90.3 Å². The van der Waals surface area contributed by atoms with Crippen LogP contribution in [-0.4, -0.2) is 25.7 Å². The molecule has 0 atom stereocenters. The van der Waals surface area contributed by atoms with Crippen molar-refractivity contribution in [2.75, 3.05) is 5.32 Å². The predicted octanol–water partition coefficient (Wildman–Crippen LogP) is 5.22.